The second kappa shape index (κ2) is 8.47. The van der Waals surface area contributed by atoms with Crippen molar-refractivity contribution in [1.82, 2.24) is 4.31 Å². The van der Waals surface area contributed by atoms with Crippen LogP contribution in [0.2, 0.25) is 0 Å². The number of Topliss-reactive ketones (excluding diaryl/α,β-unsaturated/α-hetero) is 1. The van der Waals surface area contributed by atoms with Gasteiger partial charge in [-0.2, -0.15) is 4.31 Å². The van der Waals surface area contributed by atoms with E-state index in [1.807, 2.05) is 19.9 Å². The van der Waals surface area contributed by atoms with Crippen molar-refractivity contribution in [3.63, 3.8) is 0 Å². The molecule has 0 unspecified atom stereocenters. The topological polar surface area (TPSA) is 83.6 Å². The quantitative estimate of drug-likeness (QED) is 0.759. The molecule has 2 aromatic carbocycles. The third-order valence-electron chi connectivity index (χ3n) is 5.48. The van der Waals surface area contributed by atoms with Gasteiger partial charge in [0.05, 0.1) is 4.90 Å². The van der Waals surface area contributed by atoms with Crippen LogP contribution in [0.1, 0.15) is 41.3 Å². The minimum Gasteiger partial charge on any atom is -0.326 e. The molecule has 29 heavy (non-hydrogen) atoms. The second-order valence-corrected chi connectivity index (χ2v) is 9.49. The van der Waals surface area contributed by atoms with Gasteiger partial charge in [-0.3, -0.25) is 9.59 Å². The number of rotatable bonds is 5. The number of hydrogen-bond acceptors (Lipinski definition) is 4. The number of amides is 1. The smallest absolute Gasteiger partial charge is 0.243 e. The Kier molecular flexibility index (Phi) is 6.19. The molecule has 0 aliphatic carbocycles. The van der Waals surface area contributed by atoms with Crippen LogP contribution in [0.25, 0.3) is 0 Å². The molecule has 1 fully saturated rings. The highest BCUT2D eigenvalue weighted by Gasteiger charge is 2.32. The number of piperidine rings is 1. The standard InChI is InChI=1S/C22H26N2O4S/c1-15-7-8-21(13-16(15)2)29(27,28)24-11-9-18(10-12-24)22(26)23-20-6-4-5-19(14-20)17(3)25/h4-8,13-14,18H,9-12H2,1-3H3,(H,23,26). The van der Waals surface area contributed by atoms with E-state index in [-0.39, 0.29) is 17.6 Å². The zero-order valence-electron chi connectivity index (χ0n) is 16.9. The van der Waals surface area contributed by atoms with Gasteiger partial charge in [-0.05, 0) is 69.0 Å². The summed E-state index contributed by atoms with van der Waals surface area (Å²) < 4.78 is 27.3. The van der Waals surface area contributed by atoms with Crippen molar-refractivity contribution >= 4 is 27.4 Å². The van der Waals surface area contributed by atoms with Gasteiger partial charge in [0.25, 0.3) is 0 Å². The number of nitrogens with one attached hydrogen (secondary N) is 1. The number of ketones is 1. The van der Waals surface area contributed by atoms with E-state index in [0.29, 0.717) is 42.1 Å². The first-order valence-corrected chi connectivity index (χ1v) is 11.1. The zero-order chi connectivity index (χ0) is 21.2. The number of nitrogens with zero attached hydrogens (tertiary/aromatic N) is 1. The minimum absolute atomic E-state index is 0.0639. The van der Waals surface area contributed by atoms with Gasteiger partial charge in [-0.25, -0.2) is 8.42 Å². The first-order chi connectivity index (χ1) is 13.7. The fraction of sp³-hybridized carbons (Fsp3) is 0.364. The lowest BCUT2D eigenvalue weighted by molar-refractivity contribution is -0.120. The highest BCUT2D eigenvalue weighted by Crippen LogP contribution is 2.26. The van der Waals surface area contributed by atoms with Crippen LogP contribution in [0.15, 0.2) is 47.4 Å². The van der Waals surface area contributed by atoms with Crippen molar-refractivity contribution in [3.8, 4) is 0 Å². The third-order valence-corrected chi connectivity index (χ3v) is 7.37. The van der Waals surface area contributed by atoms with Crippen molar-refractivity contribution in [2.75, 3.05) is 18.4 Å². The van der Waals surface area contributed by atoms with Gasteiger partial charge in [-0.1, -0.05) is 18.2 Å². The molecule has 7 heteroatoms. The number of hydrogen-bond donors (Lipinski definition) is 1. The molecule has 1 aliphatic heterocycles. The lowest BCUT2D eigenvalue weighted by atomic mass is 9.97. The first kappa shape index (κ1) is 21.2. The number of carbonyl (C=O) groups is 2. The largest absolute Gasteiger partial charge is 0.326 e. The van der Waals surface area contributed by atoms with Crippen molar-refractivity contribution < 1.29 is 18.0 Å². The highest BCUT2D eigenvalue weighted by molar-refractivity contribution is 7.89. The SMILES string of the molecule is CC(=O)c1cccc(NC(=O)C2CCN(S(=O)(=O)c3ccc(C)c(C)c3)CC2)c1. The Morgan fingerprint density at radius 3 is 2.31 bits per heavy atom. The van der Waals surface area contributed by atoms with Crippen molar-refractivity contribution in [2.24, 2.45) is 5.92 Å². The summed E-state index contributed by atoms with van der Waals surface area (Å²) in [5.74, 6) is -0.470. The molecule has 1 aliphatic rings. The van der Waals surface area contributed by atoms with Gasteiger partial charge >= 0.3 is 0 Å². The lowest BCUT2D eigenvalue weighted by Crippen LogP contribution is -2.41. The molecule has 0 radical (unpaired) electrons. The van der Waals surface area contributed by atoms with Crippen LogP contribution in [-0.4, -0.2) is 37.5 Å². The Morgan fingerprint density at radius 1 is 1.00 bits per heavy atom. The van der Waals surface area contributed by atoms with Crippen LogP contribution in [-0.2, 0) is 14.8 Å². The van der Waals surface area contributed by atoms with E-state index in [1.54, 1.807) is 36.4 Å². The number of anilines is 1. The number of aryl methyl sites for hydroxylation is 2. The normalized spacial score (nSPS) is 15.8. The van der Waals surface area contributed by atoms with E-state index in [1.165, 1.54) is 11.2 Å². The molecule has 6 nitrogen and oxygen atoms in total. The van der Waals surface area contributed by atoms with Gasteiger partial charge in [0.15, 0.2) is 5.78 Å². The van der Waals surface area contributed by atoms with Gasteiger partial charge in [0, 0.05) is 30.3 Å². The maximum atomic E-state index is 12.9. The van der Waals surface area contributed by atoms with E-state index in [2.05, 4.69) is 5.32 Å². The molecule has 0 saturated carbocycles. The molecule has 0 aromatic heterocycles. The van der Waals surface area contributed by atoms with E-state index in [0.717, 1.165) is 11.1 Å². The highest BCUT2D eigenvalue weighted by atomic mass is 32.2. The summed E-state index contributed by atoms with van der Waals surface area (Å²) in [6.07, 6.45) is 0.921. The molecule has 154 valence electrons. The fourth-order valence-corrected chi connectivity index (χ4v) is 5.00. The van der Waals surface area contributed by atoms with Crippen LogP contribution in [0.5, 0.6) is 0 Å². The molecule has 1 N–H and O–H groups in total. The Bertz CT molecular complexity index is 1040. The summed E-state index contributed by atoms with van der Waals surface area (Å²) in [6.45, 7) is 5.93. The predicted octanol–water partition coefficient (Wildman–Crippen LogP) is 3.55. The van der Waals surface area contributed by atoms with E-state index >= 15 is 0 Å². The van der Waals surface area contributed by atoms with Gasteiger partial charge < -0.3 is 5.32 Å². The maximum absolute atomic E-state index is 12.9. The molecule has 2 aromatic rings. The molecular weight excluding hydrogens is 388 g/mol. The Balaban J connectivity index is 1.63. The van der Waals surface area contributed by atoms with Crippen molar-refractivity contribution in [3.05, 3.63) is 59.2 Å². The van der Waals surface area contributed by atoms with Crippen LogP contribution >= 0.6 is 0 Å². The number of sulfonamides is 1. The van der Waals surface area contributed by atoms with E-state index in [4.69, 9.17) is 0 Å². The number of benzene rings is 2. The summed E-state index contributed by atoms with van der Waals surface area (Å²) in [5.41, 5.74) is 3.10. The molecule has 1 heterocycles. The Hall–Kier alpha value is -2.51. The molecule has 0 bridgehead atoms. The molecule has 0 atom stereocenters. The van der Waals surface area contributed by atoms with Crippen molar-refractivity contribution in [1.29, 1.82) is 0 Å². The third kappa shape index (κ3) is 4.74. The number of carbonyl (C=O) groups excluding carboxylic acids is 2. The molecule has 1 saturated heterocycles. The van der Waals surface area contributed by atoms with E-state index in [9.17, 15) is 18.0 Å². The second-order valence-electron chi connectivity index (χ2n) is 7.55. The molecule has 1 amide bonds. The van der Waals surface area contributed by atoms with Crippen LogP contribution in [0.3, 0.4) is 0 Å². The lowest BCUT2D eigenvalue weighted by Gasteiger charge is -2.30. The summed E-state index contributed by atoms with van der Waals surface area (Å²) in [7, 11) is -3.56. The summed E-state index contributed by atoms with van der Waals surface area (Å²) in [5, 5.41) is 2.85. The predicted molar refractivity (Wildman–Crippen MR) is 112 cm³/mol. The van der Waals surface area contributed by atoms with Gasteiger partial charge in [0.2, 0.25) is 15.9 Å². The average Bonchev–Trinajstić information content (AvgIpc) is 2.70. The summed E-state index contributed by atoms with van der Waals surface area (Å²) in [6, 6.07) is 12.0. The van der Waals surface area contributed by atoms with Crippen LogP contribution < -0.4 is 5.32 Å². The zero-order valence-corrected chi connectivity index (χ0v) is 17.8. The van der Waals surface area contributed by atoms with Crippen LogP contribution in [0.4, 0.5) is 5.69 Å². The summed E-state index contributed by atoms with van der Waals surface area (Å²) in [4.78, 5) is 24.4. The fourth-order valence-electron chi connectivity index (χ4n) is 3.44. The van der Waals surface area contributed by atoms with E-state index < -0.39 is 10.0 Å². The first-order valence-electron chi connectivity index (χ1n) is 9.68. The molecule has 0 spiro atoms. The monoisotopic (exact) mass is 414 g/mol. The van der Waals surface area contributed by atoms with Gasteiger partial charge in [-0.15, -0.1) is 0 Å². The molecule has 3 rings (SSSR count). The van der Waals surface area contributed by atoms with Gasteiger partial charge in [0.1, 0.15) is 0 Å². The van der Waals surface area contributed by atoms with Crippen LogP contribution in [0, 0.1) is 19.8 Å². The maximum Gasteiger partial charge on any atom is 0.243 e. The Labute approximate surface area is 172 Å². The average molecular weight is 415 g/mol. The summed E-state index contributed by atoms with van der Waals surface area (Å²) >= 11 is 0. The molecular formula is C22H26N2O4S. The Morgan fingerprint density at radius 2 is 1.69 bits per heavy atom. The van der Waals surface area contributed by atoms with Crippen molar-refractivity contribution in [2.45, 2.75) is 38.5 Å². The minimum atomic E-state index is -3.56.